The van der Waals surface area contributed by atoms with Crippen LogP contribution in [-0.4, -0.2) is 46.7 Å². The van der Waals surface area contributed by atoms with Crippen molar-refractivity contribution < 1.29 is 14.4 Å². The Balaban J connectivity index is 1.54. The smallest absolute Gasteiger partial charge is 0.261 e. The zero-order valence-corrected chi connectivity index (χ0v) is 13.9. The van der Waals surface area contributed by atoms with Crippen molar-refractivity contribution in [2.75, 3.05) is 13.1 Å². The fourth-order valence-electron chi connectivity index (χ4n) is 3.66. The van der Waals surface area contributed by atoms with Crippen LogP contribution in [-0.2, 0) is 0 Å². The Morgan fingerprint density at radius 1 is 0.960 bits per heavy atom. The average Bonchev–Trinajstić information content (AvgIpc) is 3.19. The Bertz CT molecular complexity index is 855. The predicted molar refractivity (Wildman–Crippen MR) is 92.4 cm³/mol. The van der Waals surface area contributed by atoms with E-state index in [-0.39, 0.29) is 23.8 Å². The maximum absolute atomic E-state index is 12.7. The van der Waals surface area contributed by atoms with E-state index in [4.69, 9.17) is 0 Å². The number of fused-ring (bicyclic) bond motifs is 1. The molecule has 2 aromatic carbocycles. The second-order valence-corrected chi connectivity index (χ2v) is 6.53. The van der Waals surface area contributed by atoms with Gasteiger partial charge in [-0.2, -0.15) is 0 Å². The molecular weight excluding hydrogens is 316 g/mol. The van der Waals surface area contributed by atoms with Crippen molar-refractivity contribution in [3.05, 3.63) is 70.8 Å². The number of amides is 3. The van der Waals surface area contributed by atoms with Crippen molar-refractivity contribution in [2.24, 2.45) is 0 Å². The lowest BCUT2D eigenvalue weighted by molar-refractivity contribution is 0.0574. The van der Waals surface area contributed by atoms with Gasteiger partial charge in [0.25, 0.3) is 17.7 Å². The first-order chi connectivity index (χ1) is 12.1. The van der Waals surface area contributed by atoms with Gasteiger partial charge in [0, 0.05) is 18.7 Å². The summed E-state index contributed by atoms with van der Waals surface area (Å²) in [6.45, 7) is 2.84. The number of carbonyl (C=O) groups is 3. The van der Waals surface area contributed by atoms with Crippen LogP contribution in [0.15, 0.2) is 48.5 Å². The van der Waals surface area contributed by atoms with Gasteiger partial charge in [0.15, 0.2) is 0 Å². The van der Waals surface area contributed by atoms with Gasteiger partial charge in [-0.3, -0.25) is 19.3 Å². The van der Waals surface area contributed by atoms with Gasteiger partial charge in [0.2, 0.25) is 0 Å². The van der Waals surface area contributed by atoms with Crippen LogP contribution >= 0.6 is 0 Å². The van der Waals surface area contributed by atoms with Gasteiger partial charge in [-0.05, 0) is 37.1 Å². The minimum Gasteiger partial charge on any atom is -0.336 e. The minimum absolute atomic E-state index is 0.0443. The molecule has 1 fully saturated rings. The molecule has 5 nitrogen and oxygen atoms in total. The number of hydrogen-bond donors (Lipinski definition) is 0. The number of carbonyl (C=O) groups excluding carboxylic acids is 3. The molecule has 0 aromatic heterocycles. The Kier molecular flexibility index (Phi) is 3.64. The third-order valence-electron chi connectivity index (χ3n) is 5.02. The van der Waals surface area contributed by atoms with Crippen molar-refractivity contribution in [1.82, 2.24) is 9.80 Å². The first-order valence-corrected chi connectivity index (χ1v) is 8.40. The number of imide groups is 1. The standard InChI is InChI=1S/C20H18N2O3/c1-13-6-2-3-7-15(13)18(23)21-11-10-14(12-21)22-19(24)16-8-4-5-9-17(16)20(22)25/h2-9,14H,10-12H2,1H3. The van der Waals surface area contributed by atoms with E-state index in [2.05, 4.69) is 0 Å². The van der Waals surface area contributed by atoms with Gasteiger partial charge < -0.3 is 4.90 Å². The minimum atomic E-state index is -0.264. The van der Waals surface area contributed by atoms with Crippen molar-refractivity contribution in [2.45, 2.75) is 19.4 Å². The first-order valence-electron chi connectivity index (χ1n) is 8.40. The largest absolute Gasteiger partial charge is 0.336 e. The molecule has 4 rings (SSSR count). The van der Waals surface area contributed by atoms with Crippen LogP contribution in [0.5, 0.6) is 0 Å². The molecular formula is C20H18N2O3. The highest BCUT2D eigenvalue weighted by atomic mass is 16.2. The van der Waals surface area contributed by atoms with E-state index >= 15 is 0 Å². The van der Waals surface area contributed by atoms with Crippen molar-refractivity contribution >= 4 is 17.7 Å². The molecule has 126 valence electrons. The number of rotatable bonds is 2. The van der Waals surface area contributed by atoms with Gasteiger partial charge in [0.05, 0.1) is 17.2 Å². The van der Waals surface area contributed by atoms with Gasteiger partial charge in [-0.25, -0.2) is 0 Å². The summed E-state index contributed by atoms with van der Waals surface area (Å²) in [6.07, 6.45) is 0.614. The molecule has 1 unspecified atom stereocenters. The molecule has 2 aliphatic heterocycles. The average molecular weight is 334 g/mol. The molecule has 2 aromatic rings. The Labute approximate surface area is 145 Å². The number of nitrogens with zero attached hydrogens (tertiary/aromatic N) is 2. The van der Waals surface area contributed by atoms with Crippen molar-refractivity contribution in [1.29, 1.82) is 0 Å². The van der Waals surface area contributed by atoms with Crippen molar-refractivity contribution in [3.63, 3.8) is 0 Å². The molecule has 1 atom stereocenters. The fourth-order valence-corrected chi connectivity index (χ4v) is 3.66. The van der Waals surface area contributed by atoms with Crippen LogP contribution in [0.2, 0.25) is 0 Å². The summed E-state index contributed by atoms with van der Waals surface area (Å²) in [5.74, 6) is -0.552. The van der Waals surface area contributed by atoms with Crippen LogP contribution in [0.3, 0.4) is 0 Å². The highest BCUT2D eigenvalue weighted by Gasteiger charge is 2.42. The molecule has 0 radical (unpaired) electrons. The number of aryl methyl sites for hydroxylation is 1. The Hall–Kier alpha value is -2.95. The normalized spacial score (nSPS) is 19.5. The zero-order chi connectivity index (χ0) is 17.6. The quantitative estimate of drug-likeness (QED) is 0.793. The summed E-state index contributed by atoms with van der Waals surface area (Å²) in [6, 6.07) is 14.1. The van der Waals surface area contributed by atoms with E-state index in [0.717, 1.165) is 5.56 Å². The summed E-state index contributed by atoms with van der Waals surface area (Å²) in [5.41, 5.74) is 2.51. The highest BCUT2D eigenvalue weighted by Crippen LogP contribution is 2.28. The maximum atomic E-state index is 12.7. The summed E-state index contributed by atoms with van der Waals surface area (Å²) < 4.78 is 0. The van der Waals surface area contributed by atoms with Crippen LogP contribution < -0.4 is 0 Å². The summed E-state index contributed by atoms with van der Waals surface area (Å²) in [7, 11) is 0. The molecule has 2 heterocycles. The maximum Gasteiger partial charge on any atom is 0.261 e. The van der Waals surface area contributed by atoms with E-state index in [0.29, 0.717) is 36.2 Å². The molecule has 5 heteroatoms. The monoisotopic (exact) mass is 334 g/mol. The third kappa shape index (κ3) is 2.43. The third-order valence-corrected chi connectivity index (χ3v) is 5.02. The molecule has 2 aliphatic rings. The molecule has 0 saturated carbocycles. The van der Waals surface area contributed by atoms with E-state index in [1.165, 1.54) is 4.90 Å². The summed E-state index contributed by atoms with van der Waals surface area (Å²) in [5, 5.41) is 0. The van der Waals surface area contributed by atoms with Gasteiger partial charge in [0.1, 0.15) is 0 Å². The fraction of sp³-hybridized carbons (Fsp3) is 0.250. The van der Waals surface area contributed by atoms with Gasteiger partial charge in [-0.15, -0.1) is 0 Å². The molecule has 1 saturated heterocycles. The van der Waals surface area contributed by atoms with Gasteiger partial charge >= 0.3 is 0 Å². The molecule has 0 spiro atoms. The number of hydrogen-bond acceptors (Lipinski definition) is 3. The molecule has 25 heavy (non-hydrogen) atoms. The Morgan fingerprint density at radius 2 is 1.56 bits per heavy atom. The lowest BCUT2D eigenvalue weighted by Crippen LogP contribution is -2.42. The van der Waals surface area contributed by atoms with Crippen LogP contribution in [0.1, 0.15) is 43.1 Å². The topological polar surface area (TPSA) is 57.7 Å². The lowest BCUT2D eigenvalue weighted by atomic mass is 10.1. The van der Waals surface area contributed by atoms with E-state index < -0.39 is 0 Å². The van der Waals surface area contributed by atoms with Crippen molar-refractivity contribution in [3.8, 4) is 0 Å². The SMILES string of the molecule is Cc1ccccc1C(=O)N1CCC(N2C(=O)c3ccccc3C2=O)C1. The number of benzene rings is 2. The predicted octanol–water partition coefficient (Wildman–Crippen LogP) is 2.51. The van der Waals surface area contributed by atoms with E-state index in [1.807, 2.05) is 31.2 Å². The molecule has 0 N–H and O–H groups in total. The second-order valence-electron chi connectivity index (χ2n) is 6.53. The summed E-state index contributed by atoms with van der Waals surface area (Å²) in [4.78, 5) is 41.0. The number of likely N-dealkylation sites (tertiary alicyclic amines) is 1. The van der Waals surface area contributed by atoms with E-state index in [1.54, 1.807) is 29.2 Å². The first kappa shape index (κ1) is 15.6. The van der Waals surface area contributed by atoms with E-state index in [9.17, 15) is 14.4 Å². The Morgan fingerprint density at radius 3 is 2.20 bits per heavy atom. The molecule has 0 bridgehead atoms. The van der Waals surface area contributed by atoms with Gasteiger partial charge in [-0.1, -0.05) is 30.3 Å². The lowest BCUT2D eigenvalue weighted by Gasteiger charge is -2.23. The molecule has 0 aliphatic carbocycles. The van der Waals surface area contributed by atoms with Crippen LogP contribution in [0, 0.1) is 6.92 Å². The molecule has 3 amide bonds. The summed E-state index contributed by atoms with van der Waals surface area (Å²) >= 11 is 0. The highest BCUT2D eigenvalue weighted by molar-refractivity contribution is 6.21. The second kappa shape index (κ2) is 5.84. The van der Waals surface area contributed by atoms with Crippen LogP contribution in [0.4, 0.5) is 0 Å². The zero-order valence-electron chi connectivity index (χ0n) is 13.9. The van der Waals surface area contributed by atoms with Crippen LogP contribution in [0.25, 0.3) is 0 Å².